The minimum absolute atomic E-state index is 0.0500. The van der Waals surface area contributed by atoms with Crippen molar-refractivity contribution in [3.05, 3.63) is 68.6 Å². The quantitative estimate of drug-likeness (QED) is 0.395. The molecule has 0 fully saturated rings. The number of non-ortho nitro benzene ring substituents is 1. The number of carbonyl (C=O) groups excluding carboxylic acids is 1. The summed E-state index contributed by atoms with van der Waals surface area (Å²) in [5, 5.41) is 11.0. The summed E-state index contributed by atoms with van der Waals surface area (Å²) < 4.78 is 11.4. The molecule has 0 atom stereocenters. The Hall–Kier alpha value is -3.49. The summed E-state index contributed by atoms with van der Waals surface area (Å²) in [6.07, 6.45) is 2.62. The Balaban J connectivity index is 2.02. The van der Waals surface area contributed by atoms with Gasteiger partial charge in [0.05, 0.1) is 41.6 Å². The molecular formula is C16H13N3O6. The maximum absolute atomic E-state index is 12.6. The fraction of sp³-hybridized carbons (Fsp3) is 0.188. The van der Waals surface area contributed by atoms with Crippen molar-refractivity contribution < 1.29 is 18.9 Å². The van der Waals surface area contributed by atoms with Crippen molar-refractivity contribution in [1.82, 2.24) is 9.55 Å². The van der Waals surface area contributed by atoms with Crippen LogP contribution in [0.4, 0.5) is 5.69 Å². The first-order valence-electron chi connectivity index (χ1n) is 7.38. The molecule has 0 aliphatic rings. The Morgan fingerprint density at radius 1 is 1.40 bits per heavy atom. The Morgan fingerprint density at radius 3 is 2.92 bits per heavy atom. The molecule has 0 saturated carbocycles. The average Bonchev–Trinajstić information content (AvgIpc) is 3.05. The van der Waals surface area contributed by atoms with Crippen LogP contribution in [-0.4, -0.2) is 27.1 Å². The Kier molecular flexibility index (Phi) is 4.29. The largest absolute Gasteiger partial charge is 0.467 e. The molecule has 2 heterocycles. The van der Waals surface area contributed by atoms with E-state index in [9.17, 15) is 19.7 Å². The number of hydrogen-bond acceptors (Lipinski definition) is 7. The Labute approximate surface area is 140 Å². The van der Waals surface area contributed by atoms with Crippen LogP contribution in [0.25, 0.3) is 10.9 Å². The Morgan fingerprint density at radius 2 is 2.20 bits per heavy atom. The number of nitro groups is 1. The highest BCUT2D eigenvalue weighted by Gasteiger charge is 2.17. The van der Waals surface area contributed by atoms with Crippen molar-refractivity contribution in [3.63, 3.8) is 0 Å². The van der Waals surface area contributed by atoms with Gasteiger partial charge < -0.3 is 9.15 Å². The van der Waals surface area contributed by atoms with Gasteiger partial charge in [-0.1, -0.05) is 0 Å². The second-order valence-corrected chi connectivity index (χ2v) is 5.11. The van der Waals surface area contributed by atoms with Gasteiger partial charge in [0.15, 0.2) is 0 Å². The van der Waals surface area contributed by atoms with Crippen molar-refractivity contribution >= 4 is 22.6 Å². The van der Waals surface area contributed by atoms with Crippen LogP contribution in [0.2, 0.25) is 0 Å². The van der Waals surface area contributed by atoms with Crippen molar-refractivity contribution in [2.75, 3.05) is 6.61 Å². The standard InChI is InChI=1S/C16H13N3O6/c1-2-24-16(21)11-5-6-25-14(11)8-18-9-17-13-4-3-10(19(22)23)7-12(13)15(18)20/h3-7,9H,2,8H2,1H3. The number of furan rings is 1. The van der Waals surface area contributed by atoms with E-state index in [2.05, 4.69) is 4.98 Å². The first kappa shape index (κ1) is 16.4. The molecule has 9 nitrogen and oxygen atoms in total. The molecule has 9 heteroatoms. The number of aromatic nitrogens is 2. The minimum Gasteiger partial charge on any atom is -0.467 e. The van der Waals surface area contributed by atoms with Crippen LogP contribution in [0.15, 0.2) is 46.1 Å². The molecular weight excluding hydrogens is 330 g/mol. The van der Waals surface area contributed by atoms with Gasteiger partial charge in [0.25, 0.3) is 11.2 Å². The normalized spacial score (nSPS) is 10.8. The molecule has 128 valence electrons. The Bertz CT molecular complexity index is 1020. The van der Waals surface area contributed by atoms with E-state index in [0.29, 0.717) is 5.52 Å². The van der Waals surface area contributed by atoms with Gasteiger partial charge in [-0.3, -0.25) is 19.5 Å². The van der Waals surface area contributed by atoms with Crippen LogP contribution in [0.5, 0.6) is 0 Å². The second kappa shape index (κ2) is 6.56. The number of rotatable bonds is 5. The second-order valence-electron chi connectivity index (χ2n) is 5.11. The van der Waals surface area contributed by atoms with Crippen LogP contribution in [0.3, 0.4) is 0 Å². The SMILES string of the molecule is CCOC(=O)c1ccoc1Cn1cnc2ccc([N+](=O)[O-])cc2c1=O. The number of carbonyl (C=O) groups is 1. The van der Waals surface area contributed by atoms with Gasteiger partial charge in [0.1, 0.15) is 11.3 Å². The van der Waals surface area contributed by atoms with Crippen LogP contribution in [0, 0.1) is 10.1 Å². The van der Waals surface area contributed by atoms with Gasteiger partial charge in [-0.15, -0.1) is 0 Å². The third-order valence-corrected chi connectivity index (χ3v) is 3.57. The van der Waals surface area contributed by atoms with E-state index in [0.717, 1.165) is 0 Å². The highest BCUT2D eigenvalue weighted by Crippen LogP contribution is 2.17. The molecule has 0 N–H and O–H groups in total. The van der Waals surface area contributed by atoms with Crippen LogP contribution in [0.1, 0.15) is 23.0 Å². The highest BCUT2D eigenvalue weighted by atomic mass is 16.6. The number of ether oxygens (including phenoxy) is 1. The van der Waals surface area contributed by atoms with E-state index in [4.69, 9.17) is 9.15 Å². The van der Waals surface area contributed by atoms with Crippen molar-refractivity contribution in [2.24, 2.45) is 0 Å². The third-order valence-electron chi connectivity index (χ3n) is 3.57. The van der Waals surface area contributed by atoms with E-state index in [1.165, 1.54) is 41.4 Å². The lowest BCUT2D eigenvalue weighted by molar-refractivity contribution is -0.384. The zero-order valence-corrected chi connectivity index (χ0v) is 13.2. The number of nitrogens with zero attached hydrogens (tertiary/aromatic N) is 3. The maximum Gasteiger partial charge on any atom is 0.341 e. The topological polar surface area (TPSA) is 117 Å². The molecule has 0 aliphatic carbocycles. The number of esters is 1. The van der Waals surface area contributed by atoms with Crippen molar-refractivity contribution in [2.45, 2.75) is 13.5 Å². The molecule has 3 aromatic rings. The molecule has 2 aromatic heterocycles. The molecule has 0 saturated heterocycles. The highest BCUT2D eigenvalue weighted by molar-refractivity contribution is 5.90. The van der Waals surface area contributed by atoms with E-state index in [1.807, 2.05) is 0 Å². The maximum atomic E-state index is 12.6. The fourth-order valence-corrected chi connectivity index (χ4v) is 2.38. The monoisotopic (exact) mass is 343 g/mol. The van der Waals surface area contributed by atoms with E-state index in [-0.39, 0.29) is 35.5 Å². The molecule has 25 heavy (non-hydrogen) atoms. The smallest absolute Gasteiger partial charge is 0.341 e. The summed E-state index contributed by atoms with van der Waals surface area (Å²) in [5.74, 6) is -0.309. The average molecular weight is 343 g/mol. The lowest BCUT2D eigenvalue weighted by atomic mass is 10.2. The summed E-state index contributed by atoms with van der Waals surface area (Å²) in [6, 6.07) is 5.33. The minimum atomic E-state index is -0.582. The fourth-order valence-electron chi connectivity index (χ4n) is 2.38. The number of nitro benzene ring substituents is 1. The van der Waals surface area contributed by atoms with Gasteiger partial charge in [-0.2, -0.15) is 0 Å². The van der Waals surface area contributed by atoms with E-state index < -0.39 is 16.5 Å². The summed E-state index contributed by atoms with van der Waals surface area (Å²) in [5.41, 5.74) is -0.112. The molecule has 0 bridgehead atoms. The predicted octanol–water partition coefficient (Wildman–Crippen LogP) is 2.12. The summed E-state index contributed by atoms with van der Waals surface area (Å²) in [6.45, 7) is 1.85. The number of hydrogen-bond donors (Lipinski definition) is 0. The van der Waals surface area contributed by atoms with Crippen molar-refractivity contribution in [1.29, 1.82) is 0 Å². The number of fused-ring (bicyclic) bond motifs is 1. The van der Waals surface area contributed by atoms with Crippen molar-refractivity contribution in [3.8, 4) is 0 Å². The summed E-state index contributed by atoms with van der Waals surface area (Å²) in [7, 11) is 0. The molecule has 0 radical (unpaired) electrons. The zero-order chi connectivity index (χ0) is 18.0. The van der Waals surface area contributed by atoms with Gasteiger partial charge >= 0.3 is 5.97 Å². The summed E-state index contributed by atoms with van der Waals surface area (Å²) in [4.78, 5) is 38.9. The molecule has 0 amide bonds. The van der Waals surface area contributed by atoms with E-state index >= 15 is 0 Å². The van der Waals surface area contributed by atoms with Crippen LogP contribution < -0.4 is 5.56 Å². The first-order chi connectivity index (χ1) is 12.0. The third kappa shape index (κ3) is 3.11. The molecule has 3 rings (SSSR count). The number of benzene rings is 1. The molecule has 0 spiro atoms. The first-order valence-corrected chi connectivity index (χ1v) is 7.38. The van der Waals surface area contributed by atoms with Gasteiger partial charge in [0.2, 0.25) is 0 Å². The molecule has 0 aliphatic heterocycles. The van der Waals surface area contributed by atoms with Gasteiger partial charge in [-0.05, 0) is 19.1 Å². The van der Waals surface area contributed by atoms with E-state index in [1.54, 1.807) is 6.92 Å². The lowest BCUT2D eigenvalue weighted by Gasteiger charge is -2.06. The zero-order valence-electron chi connectivity index (χ0n) is 13.2. The summed E-state index contributed by atoms with van der Waals surface area (Å²) >= 11 is 0. The molecule has 1 aromatic carbocycles. The molecule has 0 unspecified atom stereocenters. The van der Waals surface area contributed by atoms with Gasteiger partial charge in [-0.25, -0.2) is 9.78 Å². The van der Waals surface area contributed by atoms with Crippen LogP contribution in [-0.2, 0) is 11.3 Å². The van der Waals surface area contributed by atoms with Gasteiger partial charge in [0, 0.05) is 12.1 Å². The lowest BCUT2D eigenvalue weighted by Crippen LogP contribution is -2.22. The van der Waals surface area contributed by atoms with Crippen LogP contribution >= 0.6 is 0 Å². The predicted molar refractivity (Wildman–Crippen MR) is 86.4 cm³/mol.